The number of rotatable bonds is 7. The summed E-state index contributed by atoms with van der Waals surface area (Å²) in [6.07, 6.45) is 1.48. The first-order chi connectivity index (χ1) is 13.3. The first-order valence-corrected chi connectivity index (χ1v) is 11.5. The van der Waals surface area contributed by atoms with Gasteiger partial charge in [0.2, 0.25) is 10.0 Å². The molecule has 0 aliphatic carbocycles. The van der Waals surface area contributed by atoms with Crippen molar-refractivity contribution >= 4 is 31.6 Å². The van der Waals surface area contributed by atoms with Gasteiger partial charge in [-0.3, -0.25) is 9.44 Å². The van der Waals surface area contributed by atoms with E-state index in [-0.39, 0.29) is 22.2 Å². The second kappa shape index (κ2) is 7.99. The SMILES string of the molecule is Cc1ccccc1CS(=O)(=O)Nc1ccc(S(=O)(=O)Nc2ccccn2)cc1. The normalized spacial score (nSPS) is 11.8. The van der Waals surface area contributed by atoms with E-state index in [0.717, 1.165) is 5.56 Å². The van der Waals surface area contributed by atoms with Crippen molar-refractivity contribution in [1.29, 1.82) is 0 Å². The number of benzene rings is 2. The van der Waals surface area contributed by atoms with Gasteiger partial charge in [0.25, 0.3) is 10.0 Å². The smallest absolute Gasteiger partial charge is 0.263 e. The molecule has 0 saturated carbocycles. The number of pyridine rings is 1. The quantitative estimate of drug-likeness (QED) is 0.614. The lowest BCUT2D eigenvalue weighted by Gasteiger charge is -2.11. The molecule has 0 unspecified atom stereocenters. The van der Waals surface area contributed by atoms with Crippen LogP contribution in [0.5, 0.6) is 0 Å². The minimum absolute atomic E-state index is 0.00000448. The molecule has 9 heteroatoms. The zero-order valence-corrected chi connectivity index (χ0v) is 16.7. The Bertz CT molecular complexity index is 1160. The van der Waals surface area contributed by atoms with E-state index in [2.05, 4.69) is 14.4 Å². The summed E-state index contributed by atoms with van der Waals surface area (Å²) in [6, 6.07) is 17.6. The predicted octanol–water partition coefficient (Wildman–Crippen LogP) is 3.13. The molecule has 0 aliphatic rings. The van der Waals surface area contributed by atoms with Crippen LogP contribution in [0.25, 0.3) is 0 Å². The molecule has 146 valence electrons. The van der Waals surface area contributed by atoms with Crippen molar-refractivity contribution < 1.29 is 16.8 Å². The molecule has 0 radical (unpaired) electrons. The molecule has 1 aromatic heterocycles. The maximum Gasteiger partial charge on any atom is 0.263 e. The maximum atomic E-state index is 12.4. The average molecular weight is 418 g/mol. The van der Waals surface area contributed by atoms with Crippen LogP contribution < -0.4 is 9.44 Å². The molecular formula is C19H19N3O4S2. The number of nitrogens with zero attached hydrogens (tertiary/aromatic N) is 1. The summed E-state index contributed by atoms with van der Waals surface area (Å²) in [5, 5.41) is 0. The van der Waals surface area contributed by atoms with Crippen LogP contribution >= 0.6 is 0 Å². The topological polar surface area (TPSA) is 105 Å². The Morgan fingerprint density at radius 3 is 2.14 bits per heavy atom. The molecule has 0 fully saturated rings. The third-order valence-corrected chi connectivity index (χ3v) is 6.56. The van der Waals surface area contributed by atoms with Gasteiger partial charge in [0, 0.05) is 11.9 Å². The minimum Gasteiger partial charge on any atom is -0.283 e. The first-order valence-electron chi connectivity index (χ1n) is 8.34. The van der Waals surface area contributed by atoms with E-state index in [9.17, 15) is 16.8 Å². The van der Waals surface area contributed by atoms with Crippen LogP contribution in [0.15, 0.2) is 77.8 Å². The van der Waals surface area contributed by atoms with Gasteiger partial charge in [-0.05, 0) is 54.4 Å². The van der Waals surface area contributed by atoms with Gasteiger partial charge >= 0.3 is 0 Å². The highest BCUT2D eigenvalue weighted by Crippen LogP contribution is 2.19. The minimum atomic E-state index is -3.82. The standard InChI is InChI=1S/C19H19N3O4S2/c1-15-6-2-3-7-16(15)14-27(23,24)21-17-9-11-18(12-10-17)28(25,26)22-19-8-4-5-13-20-19/h2-13,21H,14H2,1H3,(H,20,22). The molecule has 28 heavy (non-hydrogen) atoms. The van der Waals surface area contributed by atoms with E-state index in [1.165, 1.54) is 36.5 Å². The number of hydrogen-bond acceptors (Lipinski definition) is 5. The van der Waals surface area contributed by atoms with Crippen LogP contribution in [-0.2, 0) is 25.8 Å². The van der Waals surface area contributed by atoms with Gasteiger partial charge in [0.1, 0.15) is 5.82 Å². The van der Waals surface area contributed by atoms with Gasteiger partial charge in [-0.1, -0.05) is 30.3 Å². The fourth-order valence-corrected chi connectivity index (χ4v) is 4.82. The van der Waals surface area contributed by atoms with Crippen molar-refractivity contribution in [1.82, 2.24) is 4.98 Å². The van der Waals surface area contributed by atoms with Crippen LogP contribution in [0, 0.1) is 6.92 Å². The van der Waals surface area contributed by atoms with Crippen LogP contribution in [0.1, 0.15) is 11.1 Å². The molecule has 0 spiro atoms. The predicted molar refractivity (Wildman–Crippen MR) is 109 cm³/mol. The maximum absolute atomic E-state index is 12.4. The molecule has 1 heterocycles. The highest BCUT2D eigenvalue weighted by Gasteiger charge is 2.16. The number of sulfonamides is 2. The lowest BCUT2D eigenvalue weighted by atomic mass is 10.1. The van der Waals surface area contributed by atoms with E-state index < -0.39 is 20.0 Å². The molecule has 3 aromatic rings. The largest absolute Gasteiger partial charge is 0.283 e. The molecule has 3 rings (SSSR count). The number of nitrogens with one attached hydrogen (secondary N) is 2. The van der Waals surface area contributed by atoms with Gasteiger partial charge in [-0.2, -0.15) is 0 Å². The zero-order chi connectivity index (χ0) is 20.2. The van der Waals surface area contributed by atoms with Crippen LogP contribution in [0.2, 0.25) is 0 Å². The molecule has 0 aliphatic heterocycles. The van der Waals surface area contributed by atoms with Crippen molar-refractivity contribution in [3.8, 4) is 0 Å². The Hall–Kier alpha value is -2.91. The van der Waals surface area contributed by atoms with Gasteiger partial charge < -0.3 is 0 Å². The van der Waals surface area contributed by atoms with Gasteiger partial charge in [-0.25, -0.2) is 21.8 Å². The zero-order valence-electron chi connectivity index (χ0n) is 15.0. The first kappa shape index (κ1) is 19.8. The number of aryl methyl sites for hydroxylation is 1. The van der Waals surface area contributed by atoms with Crippen molar-refractivity contribution in [2.24, 2.45) is 0 Å². The highest BCUT2D eigenvalue weighted by atomic mass is 32.2. The van der Waals surface area contributed by atoms with E-state index in [4.69, 9.17) is 0 Å². The summed E-state index contributed by atoms with van der Waals surface area (Å²) >= 11 is 0. The lowest BCUT2D eigenvalue weighted by molar-refractivity contribution is 0.599. The monoisotopic (exact) mass is 417 g/mol. The molecule has 0 bridgehead atoms. The fourth-order valence-electron chi connectivity index (χ4n) is 2.51. The number of aromatic nitrogens is 1. The average Bonchev–Trinajstić information content (AvgIpc) is 2.64. The third kappa shape index (κ3) is 5.08. The lowest BCUT2D eigenvalue weighted by Crippen LogP contribution is -2.16. The van der Waals surface area contributed by atoms with E-state index in [1.807, 2.05) is 19.1 Å². The second-order valence-corrected chi connectivity index (χ2v) is 9.54. The van der Waals surface area contributed by atoms with Crippen LogP contribution in [0.4, 0.5) is 11.5 Å². The van der Waals surface area contributed by atoms with Crippen molar-refractivity contribution in [2.75, 3.05) is 9.44 Å². The fraction of sp³-hybridized carbons (Fsp3) is 0.105. The summed E-state index contributed by atoms with van der Waals surface area (Å²) in [5.74, 6) is 0.0338. The summed E-state index contributed by atoms with van der Waals surface area (Å²) in [4.78, 5) is 3.92. The number of hydrogen-bond donors (Lipinski definition) is 2. The molecule has 0 atom stereocenters. The Morgan fingerprint density at radius 2 is 1.50 bits per heavy atom. The molecule has 7 nitrogen and oxygen atoms in total. The van der Waals surface area contributed by atoms with Crippen molar-refractivity contribution in [3.05, 3.63) is 84.1 Å². The van der Waals surface area contributed by atoms with E-state index in [0.29, 0.717) is 5.56 Å². The Kier molecular flexibility index (Phi) is 5.66. The van der Waals surface area contributed by atoms with Crippen molar-refractivity contribution in [3.63, 3.8) is 0 Å². The second-order valence-electron chi connectivity index (χ2n) is 6.13. The molecule has 0 amide bonds. The Labute approximate surface area is 164 Å². The van der Waals surface area contributed by atoms with Gasteiger partial charge in [-0.15, -0.1) is 0 Å². The molecular weight excluding hydrogens is 398 g/mol. The number of anilines is 2. The summed E-state index contributed by atoms with van der Waals surface area (Å²) in [7, 11) is -7.45. The van der Waals surface area contributed by atoms with Gasteiger partial charge in [0.05, 0.1) is 10.6 Å². The Morgan fingerprint density at radius 1 is 0.821 bits per heavy atom. The summed E-state index contributed by atoms with van der Waals surface area (Å²) < 4.78 is 54.4. The third-order valence-electron chi connectivity index (χ3n) is 3.95. The highest BCUT2D eigenvalue weighted by molar-refractivity contribution is 7.92. The summed E-state index contributed by atoms with van der Waals surface area (Å²) in [6.45, 7) is 1.85. The molecule has 0 saturated heterocycles. The molecule has 2 aromatic carbocycles. The van der Waals surface area contributed by atoms with E-state index in [1.54, 1.807) is 24.3 Å². The molecule has 2 N–H and O–H groups in total. The summed E-state index contributed by atoms with van der Waals surface area (Å²) in [5.41, 5.74) is 1.87. The van der Waals surface area contributed by atoms with Crippen LogP contribution in [0.3, 0.4) is 0 Å². The van der Waals surface area contributed by atoms with Gasteiger partial charge in [0.15, 0.2) is 0 Å². The van der Waals surface area contributed by atoms with E-state index >= 15 is 0 Å². The van der Waals surface area contributed by atoms with Crippen LogP contribution in [-0.4, -0.2) is 21.8 Å². The Balaban J connectivity index is 1.73. The van der Waals surface area contributed by atoms with Crippen molar-refractivity contribution in [2.45, 2.75) is 17.6 Å².